The van der Waals surface area contributed by atoms with E-state index in [4.69, 9.17) is 0 Å². The molecule has 0 saturated carbocycles. The fourth-order valence-electron chi connectivity index (χ4n) is 2.02. The van der Waals surface area contributed by atoms with Gasteiger partial charge in [0.15, 0.2) is 5.65 Å². The predicted molar refractivity (Wildman–Crippen MR) is 76.7 cm³/mol. The van der Waals surface area contributed by atoms with Crippen LogP contribution in [0.5, 0.6) is 0 Å². The fraction of sp³-hybridized carbons (Fsp3) is 0.615. The normalized spacial score (nSPS) is 12.1. The summed E-state index contributed by atoms with van der Waals surface area (Å²) in [6.45, 7) is 9.05. The van der Waals surface area contributed by atoms with Gasteiger partial charge in [-0.1, -0.05) is 6.92 Å². The van der Waals surface area contributed by atoms with E-state index in [0.29, 0.717) is 17.0 Å². The third kappa shape index (κ3) is 2.47. The van der Waals surface area contributed by atoms with Gasteiger partial charge in [-0.25, -0.2) is 4.68 Å². The van der Waals surface area contributed by atoms with E-state index in [9.17, 15) is 4.79 Å². The van der Waals surface area contributed by atoms with Gasteiger partial charge < -0.3 is 4.90 Å². The first kappa shape index (κ1) is 13.6. The van der Waals surface area contributed by atoms with Gasteiger partial charge in [-0.3, -0.25) is 9.78 Å². The summed E-state index contributed by atoms with van der Waals surface area (Å²) in [5.41, 5.74) is 0.288. The van der Waals surface area contributed by atoms with Gasteiger partial charge in [0.1, 0.15) is 5.39 Å². The molecule has 0 atom stereocenters. The average Bonchev–Trinajstić information content (AvgIpc) is 2.73. The summed E-state index contributed by atoms with van der Waals surface area (Å²) >= 11 is 0. The van der Waals surface area contributed by atoms with Crippen molar-refractivity contribution >= 4 is 17.0 Å². The Kier molecular flexibility index (Phi) is 3.34. The number of fused-ring (bicyclic) bond motifs is 1. The first-order chi connectivity index (χ1) is 8.84. The van der Waals surface area contributed by atoms with Gasteiger partial charge in [0.05, 0.1) is 11.7 Å². The number of H-pyrrole nitrogens is 1. The van der Waals surface area contributed by atoms with Crippen LogP contribution in [0.2, 0.25) is 0 Å². The highest BCUT2D eigenvalue weighted by Crippen LogP contribution is 2.19. The van der Waals surface area contributed by atoms with Crippen LogP contribution in [0.4, 0.5) is 5.95 Å². The summed E-state index contributed by atoms with van der Waals surface area (Å²) in [6.07, 6.45) is 2.58. The Bertz CT molecular complexity index is 635. The van der Waals surface area contributed by atoms with Gasteiger partial charge in [-0.15, -0.1) is 0 Å². The second kappa shape index (κ2) is 4.68. The van der Waals surface area contributed by atoms with Crippen molar-refractivity contribution in [1.82, 2.24) is 19.7 Å². The molecular formula is C13H21N5O. The molecule has 19 heavy (non-hydrogen) atoms. The van der Waals surface area contributed by atoms with Crippen molar-refractivity contribution in [2.75, 3.05) is 18.5 Å². The minimum atomic E-state index is -0.205. The van der Waals surface area contributed by atoms with Crippen molar-refractivity contribution in [1.29, 1.82) is 0 Å². The Morgan fingerprint density at radius 2 is 2.11 bits per heavy atom. The van der Waals surface area contributed by atoms with Crippen LogP contribution in [0.1, 0.15) is 34.1 Å². The van der Waals surface area contributed by atoms with Crippen LogP contribution in [-0.2, 0) is 5.54 Å². The van der Waals surface area contributed by atoms with Crippen molar-refractivity contribution in [2.45, 2.75) is 39.7 Å². The number of aromatic nitrogens is 4. The van der Waals surface area contributed by atoms with Gasteiger partial charge in [0.25, 0.3) is 5.56 Å². The number of hydrogen-bond acceptors (Lipinski definition) is 4. The van der Waals surface area contributed by atoms with Gasteiger partial charge in [-0.05, 0) is 27.2 Å². The molecule has 0 aliphatic rings. The predicted octanol–water partition coefficient (Wildman–Crippen LogP) is 1.72. The third-order valence-corrected chi connectivity index (χ3v) is 2.98. The molecule has 2 rings (SSSR count). The molecule has 104 valence electrons. The topological polar surface area (TPSA) is 66.8 Å². The van der Waals surface area contributed by atoms with Crippen molar-refractivity contribution < 1.29 is 0 Å². The summed E-state index contributed by atoms with van der Waals surface area (Å²) in [6, 6.07) is 0. The molecule has 0 fully saturated rings. The zero-order valence-corrected chi connectivity index (χ0v) is 12.2. The second-order valence-corrected chi connectivity index (χ2v) is 5.78. The molecule has 0 unspecified atom stereocenters. The molecule has 0 bridgehead atoms. The lowest BCUT2D eigenvalue weighted by Gasteiger charge is -2.21. The quantitative estimate of drug-likeness (QED) is 0.915. The standard InChI is InChI=1S/C13H21N5O/c1-6-7-17(5)12-15-10-9(11(19)16-12)8-14-18(10)13(2,3)4/h8H,6-7H2,1-5H3,(H,15,16,19). The number of nitrogens with zero attached hydrogens (tertiary/aromatic N) is 4. The van der Waals surface area contributed by atoms with E-state index in [1.54, 1.807) is 10.9 Å². The minimum absolute atomic E-state index is 0.140. The highest BCUT2D eigenvalue weighted by Gasteiger charge is 2.20. The first-order valence-corrected chi connectivity index (χ1v) is 6.54. The Morgan fingerprint density at radius 1 is 1.42 bits per heavy atom. The van der Waals surface area contributed by atoms with Crippen LogP contribution in [0.15, 0.2) is 11.0 Å². The van der Waals surface area contributed by atoms with E-state index in [1.165, 1.54) is 0 Å². The molecule has 0 saturated heterocycles. The zero-order chi connectivity index (χ0) is 14.2. The third-order valence-electron chi connectivity index (χ3n) is 2.98. The number of anilines is 1. The lowest BCUT2D eigenvalue weighted by Crippen LogP contribution is -2.26. The summed E-state index contributed by atoms with van der Waals surface area (Å²) in [7, 11) is 1.92. The maximum atomic E-state index is 12.1. The molecule has 0 aliphatic heterocycles. The molecule has 1 N–H and O–H groups in total. The molecule has 0 radical (unpaired) electrons. The average molecular weight is 263 g/mol. The summed E-state index contributed by atoms with van der Waals surface area (Å²) in [5, 5.41) is 4.82. The number of rotatable bonds is 3. The Labute approximate surface area is 112 Å². The second-order valence-electron chi connectivity index (χ2n) is 5.78. The van der Waals surface area contributed by atoms with Gasteiger partial charge in [0.2, 0.25) is 5.95 Å². The molecule has 0 aromatic carbocycles. The Balaban J connectivity index is 2.63. The van der Waals surface area contributed by atoms with Crippen LogP contribution in [0, 0.1) is 0 Å². The van der Waals surface area contributed by atoms with Gasteiger partial charge in [0, 0.05) is 13.6 Å². The maximum absolute atomic E-state index is 12.1. The van der Waals surface area contributed by atoms with Crippen LogP contribution in [0.3, 0.4) is 0 Å². The molecule has 0 spiro atoms. The first-order valence-electron chi connectivity index (χ1n) is 6.54. The molecular weight excluding hydrogens is 242 g/mol. The highest BCUT2D eigenvalue weighted by atomic mass is 16.1. The van der Waals surface area contributed by atoms with E-state index >= 15 is 0 Å². The SMILES string of the molecule is CCCN(C)c1nc2c(cnn2C(C)(C)C)c(=O)[nH]1. The number of hydrogen-bond donors (Lipinski definition) is 1. The van der Waals surface area contributed by atoms with Gasteiger partial charge in [-0.2, -0.15) is 10.1 Å². The summed E-state index contributed by atoms with van der Waals surface area (Å²) < 4.78 is 1.79. The van der Waals surface area contributed by atoms with E-state index in [0.717, 1.165) is 13.0 Å². The zero-order valence-electron chi connectivity index (χ0n) is 12.2. The van der Waals surface area contributed by atoms with E-state index in [1.807, 2.05) is 32.7 Å². The van der Waals surface area contributed by atoms with E-state index in [-0.39, 0.29) is 11.1 Å². The Hall–Kier alpha value is -1.85. The smallest absolute Gasteiger partial charge is 0.263 e. The molecule has 2 aromatic heterocycles. The summed E-state index contributed by atoms with van der Waals surface area (Å²) in [4.78, 5) is 21.4. The maximum Gasteiger partial charge on any atom is 0.263 e. The summed E-state index contributed by atoms with van der Waals surface area (Å²) in [5.74, 6) is 0.588. The van der Waals surface area contributed by atoms with Gasteiger partial charge >= 0.3 is 0 Å². The molecule has 0 aliphatic carbocycles. The lowest BCUT2D eigenvalue weighted by atomic mass is 10.1. The Morgan fingerprint density at radius 3 is 2.68 bits per heavy atom. The van der Waals surface area contributed by atoms with Crippen molar-refractivity contribution in [3.63, 3.8) is 0 Å². The van der Waals surface area contributed by atoms with Crippen molar-refractivity contribution in [2.24, 2.45) is 0 Å². The van der Waals surface area contributed by atoms with Crippen LogP contribution in [0.25, 0.3) is 11.0 Å². The number of nitrogens with one attached hydrogen (secondary N) is 1. The van der Waals surface area contributed by atoms with Crippen molar-refractivity contribution in [3.8, 4) is 0 Å². The molecule has 2 heterocycles. The fourth-order valence-corrected chi connectivity index (χ4v) is 2.02. The highest BCUT2D eigenvalue weighted by molar-refractivity contribution is 5.74. The minimum Gasteiger partial charge on any atom is -0.345 e. The molecule has 0 amide bonds. The largest absolute Gasteiger partial charge is 0.345 e. The van der Waals surface area contributed by atoms with E-state index in [2.05, 4.69) is 22.0 Å². The lowest BCUT2D eigenvalue weighted by molar-refractivity contribution is 0.366. The van der Waals surface area contributed by atoms with Crippen LogP contribution < -0.4 is 10.5 Å². The molecule has 6 heteroatoms. The van der Waals surface area contributed by atoms with Crippen molar-refractivity contribution in [3.05, 3.63) is 16.6 Å². The number of aromatic amines is 1. The molecule has 2 aromatic rings. The van der Waals surface area contributed by atoms with Crippen LogP contribution in [-0.4, -0.2) is 33.3 Å². The van der Waals surface area contributed by atoms with E-state index < -0.39 is 0 Å². The monoisotopic (exact) mass is 263 g/mol. The van der Waals surface area contributed by atoms with Crippen LogP contribution >= 0.6 is 0 Å². The molecule has 6 nitrogen and oxygen atoms in total.